The number of nitrogens with two attached hydrogens (primary N) is 1. The molecule has 1 unspecified atom stereocenters. The molecule has 0 fully saturated rings. The van der Waals surface area contributed by atoms with E-state index in [-0.39, 0.29) is 0 Å². The molecule has 0 aromatic heterocycles. The largest absolute Gasteiger partial charge is 0.337 e. The predicted molar refractivity (Wildman–Crippen MR) is 80.8 cm³/mol. The standard InChI is InChI=1S/C17H17N3/c1-12-8-14-4-2-3-5-16(14)20(12)17-7-6-13(10-18)9-15(17)11-19/h2-7,9,12H,8,10,18H2,1H3. The van der Waals surface area contributed by atoms with E-state index in [9.17, 15) is 5.26 Å². The molecule has 1 aliphatic rings. The molecule has 100 valence electrons. The summed E-state index contributed by atoms with van der Waals surface area (Å²) < 4.78 is 0. The van der Waals surface area contributed by atoms with Gasteiger partial charge in [0.1, 0.15) is 6.07 Å². The number of anilines is 2. The van der Waals surface area contributed by atoms with Gasteiger partial charge >= 0.3 is 0 Å². The minimum absolute atomic E-state index is 0.364. The van der Waals surface area contributed by atoms with Gasteiger partial charge < -0.3 is 10.6 Å². The Balaban J connectivity index is 2.12. The summed E-state index contributed by atoms with van der Waals surface area (Å²) in [6.45, 7) is 2.65. The van der Waals surface area contributed by atoms with Crippen molar-refractivity contribution in [2.24, 2.45) is 5.73 Å². The number of fused-ring (bicyclic) bond motifs is 1. The van der Waals surface area contributed by atoms with E-state index in [4.69, 9.17) is 5.73 Å². The van der Waals surface area contributed by atoms with E-state index in [0.29, 0.717) is 18.2 Å². The molecule has 3 nitrogen and oxygen atoms in total. The summed E-state index contributed by atoms with van der Waals surface area (Å²) in [6, 6.07) is 17.0. The second kappa shape index (κ2) is 4.99. The van der Waals surface area contributed by atoms with Crippen LogP contribution in [0.4, 0.5) is 11.4 Å². The van der Waals surface area contributed by atoms with Crippen molar-refractivity contribution in [3.8, 4) is 6.07 Å². The summed E-state index contributed by atoms with van der Waals surface area (Å²) in [7, 11) is 0. The molecule has 1 atom stereocenters. The number of hydrogen-bond donors (Lipinski definition) is 1. The molecule has 0 aliphatic carbocycles. The van der Waals surface area contributed by atoms with E-state index >= 15 is 0 Å². The monoisotopic (exact) mass is 263 g/mol. The lowest BCUT2D eigenvalue weighted by molar-refractivity contribution is 0.758. The first-order valence-electron chi connectivity index (χ1n) is 6.85. The maximum atomic E-state index is 9.42. The third-order valence-electron chi connectivity index (χ3n) is 3.88. The Labute approximate surface area is 119 Å². The molecular weight excluding hydrogens is 246 g/mol. The zero-order valence-corrected chi connectivity index (χ0v) is 11.5. The van der Waals surface area contributed by atoms with Crippen LogP contribution in [0.5, 0.6) is 0 Å². The second-order valence-electron chi connectivity index (χ2n) is 5.22. The normalized spacial score (nSPS) is 16.9. The van der Waals surface area contributed by atoms with E-state index in [1.54, 1.807) is 0 Å². The Kier molecular flexibility index (Phi) is 3.17. The van der Waals surface area contributed by atoms with Crippen molar-refractivity contribution < 1.29 is 0 Å². The minimum atomic E-state index is 0.364. The van der Waals surface area contributed by atoms with Gasteiger partial charge in [0.05, 0.1) is 11.3 Å². The Morgan fingerprint density at radius 1 is 1.25 bits per heavy atom. The van der Waals surface area contributed by atoms with E-state index in [1.165, 1.54) is 11.3 Å². The van der Waals surface area contributed by atoms with E-state index in [2.05, 4.69) is 36.1 Å². The Bertz CT molecular complexity index is 685. The van der Waals surface area contributed by atoms with Crippen molar-refractivity contribution in [2.45, 2.75) is 25.9 Å². The fourth-order valence-corrected chi connectivity index (χ4v) is 2.94. The Morgan fingerprint density at radius 3 is 2.80 bits per heavy atom. The maximum absolute atomic E-state index is 9.42. The highest BCUT2D eigenvalue weighted by Gasteiger charge is 2.28. The van der Waals surface area contributed by atoms with Gasteiger partial charge in [-0.05, 0) is 42.7 Å². The predicted octanol–water partition coefficient (Wildman–Crippen LogP) is 3.10. The van der Waals surface area contributed by atoms with Gasteiger partial charge in [0.15, 0.2) is 0 Å². The van der Waals surface area contributed by atoms with Crippen LogP contribution in [-0.4, -0.2) is 6.04 Å². The molecule has 3 rings (SSSR count). The summed E-state index contributed by atoms with van der Waals surface area (Å²) in [5, 5.41) is 9.42. The van der Waals surface area contributed by atoms with Crippen LogP contribution in [-0.2, 0) is 13.0 Å². The van der Waals surface area contributed by atoms with Crippen LogP contribution < -0.4 is 10.6 Å². The lowest BCUT2D eigenvalue weighted by Crippen LogP contribution is -2.24. The molecule has 0 bridgehead atoms. The van der Waals surface area contributed by atoms with Crippen LogP contribution in [0.3, 0.4) is 0 Å². The molecule has 0 radical (unpaired) electrons. The molecule has 1 aliphatic heterocycles. The van der Waals surface area contributed by atoms with Crippen LogP contribution in [0.1, 0.15) is 23.6 Å². The van der Waals surface area contributed by atoms with Gasteiger partial charge in [0.25, 0.3) is 0 Å². The van der Waals surface area contributed by atoms with Crippen molar-refractivity contribution in [1.82, 2.24) is 0 Å². The lowest BCUT2D eigenvalue weighted by Gasteiger charge is -2.26. The van der Waals surface area contributed by atoms with Crippen LogP contribution in [0.25, 0.3) is 0 Å². The Hall–Kier alpha value is -2.31. The van der Waals surface area contributed by atoms with Gasteiger partial charge in [-0.15, -0.1) is 0 Å². The summed E-state index contributed by atoms with van der Waals surface area (Å²) in [5.41, 5.74) is 10.9. The molecule has 20 heavy (non-hydrogen) atoms. The molecule has 1 heterocycles. The average Bonchev–Trinajstić information content (AvgIpc) is 2.82. The van der Waals surface area contributed by atoms with Crippen molar-refractivity contribution in [3.63, 3.8) is 0 Å². The van der Waals surface area contributed by atoms with E-state index < -0.39 is 0 Å². The molecule has 0 saturated carbocycles. The molecule has 0 amide bonds. The van der Waals surface area contributed by atoms with Crippen molar-refractivity contribution in [2.75, 3.05) is 4.90 Å². The first kappa shape index (κ1) is 12.7. The van der Waals surface area contributed by atoms with Gasteiger partial charge in [-0.2, -0.15) is 5.26 Å². The molecule has 2 N–H and O–H groups in total. The first-order valence-corrected chi connectivity index (χ1v) is 6.85. The number of benzene rings is 2. The SMILES string of the molecule is CC1Cc2ccccc2N1c1ccc(CN)cc1C#N. The van der Waals surface area contributed by atoms with E-state index in [0.717, 1.165) is 17.7 Å². The molecule has 0 saturated heterocycles. The van der Waals surface area contributed by atoms with Crippen molar-refractivity contribution >= 4 is 11.4 Å². The summed E-state index contributed by atoms with van der Waals surface area (Å²) in [5.74, 6) is 0. The summed E-state index contributed by atoms with van der Waals surface area (Å²) in [6.07, 6.45) is 1.01. The fraction of sp³-hybridized carbons (Fsp3) is 0.235. The number of nitriles is 1. The van der Waals surface area contributed by atoms with E-state index in [1.807, 2.05) is 24.3 Å². The van der Waals surface area contributed by atoms with Crippen molar-refractivity contribution in [3.05, 3.63) is 59.2 Å². The van der Waals surface area contributed by atoms with Crippen LogP contribution in [0, 0.1) is 11.3 Å². The molecule has 0 spiro atoms. The zero-order chi connectivity index (χ0) is 14.1. The second-order valence-corrected chi connectivity index (χ2v) is 5.22. The summed E-state index contributed by atoms with van der Waals surface area (Å²) >= 11 is 0. The van der Waals surface area contributed by atoms with Crippen LogP contribution in [0.15, 0.2) is 42.5 Å². The third kappa shape index (κ3) is 1.95. The highest BCUT2D eigenvalue weighted by Crippen LogP contribution is 2.39. The molecular formula is C17H17N3. The highest BCUT2D eigenvalue weighted by molar-refractivity contribution is 5.75. The zero-order valence-electron chi connectivity index (χ0n) is 11.5. The number of para-hydroxylation sites is 1. The molecule has 3 heteroatoms. The maximum Gasteiger partial charge on any atom is 0.101 e. The number of rotatable bonds is 2. The topological polar surface area (TPSA) is 53.0 Å². The van der Waals surface area contributed by atoms with Gasteiger partial charge in [0, 0.05) is 18.3 Å². The third-order valence-corrected chi connectivity index (χ3v) is 3.88. The van der Waals surface area contributed by atoms with Gasteiger partial charge in [-0.3, -0.25) is 0 Å². The average molecular weight is 263 g/mol. The van der Waals surface area contributed by atoms with Crippen molar-refractivity contribution in [1.29, 1.82) is 5.26 Å². The lowest BCUT2D eigenvalue weighted by atomic mass is 10.1. The van der Waals surface area contributed by atoms with Gasteiger partial charge in [-0.1, -0.05) is 24.3 Å². The Morgan fingerprint density at radius 2 is 2.05 bits per heavy atom. The summed E-state index contributed by atoms with van der Waals surface area (Å²) in [4.78, 5) is 2.26. The minimum Gasteiger partial charge on any atom is -0.337 e. The van der Waals surface area contributed by atoms with Crippen LogP contribution >= 0.6 is 0 Å². The smallest absolute Gasteiger partial charge is 0.101 e. The fourth-order valence-electron chi connectivity index (χ4n) is 2.94. The van der Waals surface area contributed by atoms with Crippen LogP contribution in [0.2, 0.25) is 0 Å². The highest BCUT2D eigenvalue weighted by atomic mass is 15.2. The first-order chi connectivity index (χ1) is 9.74. The number of nitrogens with zero attached hydrogens (tertiary/aromatic N) is 2. The van der Waals surface area contributed by atoms with Gasteiger partial charge in [0.2, 0.25) is 0 Å². The van der Waals surface area contributed by atoms with Gasteiger partial charge in [-0.25, -0.2) is 0 Å². The number of hydrogen-bond acceptors (Lipinski definition) is 3. The molecule has 2 aromatic rings. The quantitative estimate of drug-likeness (QED) is 0.905. The molecule has 2 aromatic carbocycles.